The van der Waals surface area contributed by atoms with Gasteiger partial charge in [0.15, 0.2) is 9.84 Å². The van der Waals surface area contributed by atoms with Gasteiger partial charge in [0, 0.05) is 12.1 Å². The van der Waals surface area contributed by atoms with Crippen molar-refractivity contribution in [2.75, 3.05) is 6.54 Å². The Morgan fingerprint density at radius 3 is 2.43 bits per heavy atom. The first-order chi connectivity index (χ1) is 13.3. The standard InChI is InChI=1S/C22H23NO4S/c1-15-6-4-7-18(12-15)22(24)23-14-21(20-8-5-11-27-20)28(25,26)19-10-9-16(2)17(3)13-19/h4-13,21H,14H2,1-3H3,(H,23,24)/t21-/m1/s1. The molecule has 28 heavy (non-hydrogen) atoms. The van der Waals surface area contributed by atoms with Crippen LogP contribution < -0.4 is 5.32 Å². The van der Waals surface area contributed by atoms with Crippen LogP contribution in [0.2, 0.25) is 0 Å². The fourth-order valence-electron chi connectivity index (χ4n) is 2.97. The molecule has 5 nitrogen and oxygen atoms in total. The van der Waals surface area contributed by atoms with E-state index < -0.39 is 15.1 Å². The van der Waals surface area contributed by atoms with Gasteiger partial charge in [0.05, 0.1) is 11.2 Å². The quantitative estimate of drug-likeness (QED) is 0.678. The first kappa shape index (κ1) is 19.9. The number of nitrogens with one attached hydrogen (secondary N) is 1. The lowest BCUT2D eigenvalue weighted by atomic mass is 10.1. The molecule has 0 fully saturated rings. The highest BCUT2D eigenvalue weighted by Gasteiger charge is 2.32. The highest BCUT2D eigenvalue weighted by Crippen LogP contribution is 2.30. The molecular weight excluding hydrogens is 374 g/mol. The number of carbonyl (C=O) groups is 1. The van der Waals surface area contributed by atoms with Crippen LogP contribution in [-0.4, -0.2) is 20.9 Å². The average Bonchev–Trinajstić information content (AvgIpc) is 3.18. The van der Waals surface area contributed by atoms with E-state index in [0.29, 0.717) is 11.3 Å². The molecule has 0 saturated heterocycles. The SMILES string of the molecule is Cc1cccc(C(=O)NC[C@H](c2ccco2)S(=O)(=O)c2ccc(C)c(C)c2)c1. The largest absolute Gasteiger partial charge is 0.468 e. The van der Waals surface area contributed by atoms with Gasteiger partial charge in [-0.2, -0.15) is 0 Å². The molecule has 0 aliphatic carbocycles. The van der Waals surface area contributed by atoms with E-state index in [1.165, 1.54) is 6.26 Å². The molecule has 6 heteroatoms. The minimum Gasteiger partial charge on any atom is -0.468 e. The van der Waals surface area contributed by atoms with Crippen LogP contribution in [0.5, 0.6) is 0 Å². The third-order valence-electron chi connectivity index (χ3n) is 4.77. The maximum Gasteiger partial charge on any atom is 0.251 e. The predicted molar refractivity (Wildman–Crippen MR) is 108 cm³/mol. The van der Waals surface area contributed by atoms with Crippen molar-refractivity contribution < 1.29 is 17.6 Å². The summed E-state index contributed by atoms with van der Waals surface area (Å²) in [6.07, 6.45) is 1.43. The zero-order valence-electron chi connectivity index (χ0n) is 16.1. The van der Waals surface area contributed by atoms with Crippen molar-refractivity contribution in [1.29, 1.82) is 0 Å². The fraction of sp³-hybridized carbons (Fsp3) is 0.227. The summed E-state index contributed by atoms with van der Waals surface area (Å²) in [5.74, 6) is -0.0293. The molecule has 0 saturated carbocycles. The Bertz CT molecular complexity index is 1090. The Labute approximate surface area is 165 Å². The molecule has 2 aromatic carbocycles. The normalized spacial score (nSPS) is 12.5. The van der Waals surface area contributed by atoms with Gasteiger partial charge in [-0.3, -0.25) is 4.79 Å². The lowest BCUT2D eigenvalue weighted by Crippen LogP contribution is -2.31. The van der Waals surface area contributed by atoms with E-state index in [-0.39, 0.29) is 17.3 Å². The van der Waals surface area contributed by atoms with Gasteiger partial charge in [0.1, 0.15) is 11.0 Å². The van der Waals surface area contributed by atoms with Crippen LogP contribution in [0.3, 0.4) is 0 Å². The van der Waals surface area contributed by atoms with Gasteiger partial charge in [-0.05, 0) is 68.3 Å². The number of aryl methyl sites for hydroxylation is 3. The zero-order chi connectivity index (χ0) is 20.3. The summed E-state index contributed by atoms with van der Waals surface area (Å²) in [6.45, 7) is 5.61. The van der Waals surface area contributed by atoms with Gasteiger partial charge in [-0.1, -0.05) is 23.8 Å². The third kappa shape index (κ3) is 4.17. The number of amides is 1. The van der Waals surface area contributed by atoms with Crippen LogP contribution in [0.1, 0.15) is 38.1 Å². The summed E-state index contributed by atoms with van der Waals surface area (Å²) in [6, 6.07) is 15.4. The summed E-state index contributed by atoms with van der Waals surface area (Å²) in [5.41, 5.74) is 3.35. The second-order valence-corrected chi connectivity index (χ2v) is 9.01. The molecule has 1 atom stereocenters. The summed E-state index contributed by atoms with van der Waals surface area (Å²) in [7, 11) is -3.76. The Balaban J connectivity index is 1.89. The van der Waals surface area contributed by atoms with Crippen LogP contribution in [0.15, 0.2) is 70.2 Å². The topological polar surface area (TPSA) is 76.4 Å². The highest BCUT2D eigenvalue weighted by atomic mass is 32.2. The number of furan rings is 1. The van der Waals surface area contributed by atoms with E-state index >= 15 is 0 Å². The first-order valence-electron chi connectivity index (χ1n) is 8.98. The van der Waals surface area contributed by atoms with Crippen molar-refractivity contribution in [2.24, 2.45) is 0 Å². The van der Waals surface area contributed by atoms with Crippen molar-refractivity contribution >= 4 is 15.7 Å². The van der Waals surface area contributed by atoms with Gasteiger partial charge in [0.2, 0.25) is 0 Å². The summed E-state index contributed by atoms with van der Waals surface area (Å²) >= 11 is 0. The summed E-state index contributed by atoms with van der Waals surface area (Å²) < 4.78 is 32.0. The smallest absolute Gasteiger partial charge is 0.251 e. The van der Waals surface area contributed by atoms with E-state index in [1.54, 1.807) is 48.5 Å². The number of hydrogen-bond donors (Lipinski definition) is 1. The number of hydrogen-bond acceptors (Lipinski definition) is 4. The van der Waals surface area contributed by atoms with Crippen LogP contribution >= 0.6 is 0 Å². The Kier molecular flexibility index (Phi) is 5.70. The molecule has 0 radical (unpaired) electrons. The van der Waals surface area contributed by atoms with Crippen molar-refractivity contribution in [3.05, 3.63) is 88.9 Å². The van der Waals surface area contributed by atoms with E-state index in [4.69, 9.17) is 4.42 Å². The summed E-state index contributed by atoms with van der Waals surface area (Å²) in [4.78, 5) is 12.7. The van der Waals surface area contributed by atoms with E-state index in [9.17, 15) is 13.2 Å². The monoisotopic (exact) mass is 397 g/mol. The molecule has 0 spiro atoms. The predicted octanol–water partition coefficient (Wildman–Crippen LogP) is 4.15. The molecule has 3 rings (SSSR count). The molecule has 1 amide bonds. The Morgan fingerprint density at radius 2 is 1.79 bits per heavy atom. The Hall–Kier alpha value is -2.86. The van der Waals surface area contributed by atoms with Gasteiger partial charge in [0.25, 0.3) is 5.91 Å². The maximum absolute atomic E-state index is 13.3. The number of carbonyl (C=O) groups excluding carboxylic acids is 1. The first-order valence-corrected chi connectivity index (χ1v) is 10.5. The molecule has 0 unspecified atom stereocenters. The summed E-state index contributed by atoms with van der Waals surface area (Å²) in [5, 5.41) is 1.72. The van der Waals surface area contributed by atoms with Crippen molar-refractivity contribution in [3.8, 4) is 0 Å². The highest BCUT2D eigenvalue weighted by molar-refractivity contribution is 7.91. The molecule has 1 N–H and O–H groups in total. The van der Waals surface area contributed by atoms with Gasteiger partial charge < -0.3 is 9.73 Å². The van der Waals surface area contributed by atoms with Crippen molar-refractivity contribution in [2.45, 2.75) is 30.9 Å². The number of benzene rings is 2. The lowest BCUT2D eigenvalue weighted by molar-refractivity contribution is 0.0953. The van der Waals surface area contributed by atoms with Crippen LogP contribution in [0.25, 0.3) is 0 Å². The molecule has 1 aromatic heterocycles. The second-order valence-electron chi connectivity index (χ2n) is 6.87. The average molecular weight is 397 g/mol. The molecule has 1 heterocycles. The van der Waals surface area contributed by atoms with Crippen LogP contribution in [0, 0.1) is 20.8 Å². The number of rotatable bonds is 6. The van der Waals surface area contributed by atoms with Gasteiger partial charge >= 0.3 is 0 Å². The van der Waals surface area contributed by atoms with Crippen LogP contribution in [0.4, 0.5) is 0 Å². The minimum absolute atomic E-state index is 0.0878. The van der Waals surface area contributed by atoms with E-state index in [1.807, 2.05) is 26.8 Å². The number of sulfone groups is 1. The van der Waals surface area contributed by atoms with E-state index in [2.05, 4.69) is 5.32 Å². The molecule has 0 aliphatic rings. The van der Waals surface area contributed by atoms with Crippen molar-refractivity contribution in [1.82, 2.24) is 5.32 Å². The molecule has 0 aliphatic heterocycles. The lowest BCUT2D eigenvalue weighted by Gasteiger charge is -2.17. The maximum atomic E-state index is 13.3. The fourth-order valence-corrected chi connectivity index (χ4v) is 4.64. The van der Waals surface area contributed by atoms with Gasteiger partial charge in [-0.15, -0.1) is 0 Å². The third-order valence-corrected chi connectivity index (χ3v) is 6.83. The second kappa shape index (κ2) is 8.02. The zero-order valence-corrected chi connectivity index (χ0v) is 16.9. The Morgan fingerprint density at radius 1 is 1.00 bits per heavy atom. The minimum atomic E-state index is -3.76. The van der Waals surface area contributed by atoms with Crippen LogP contribution in [-0.2, 0) is 9.84 Å². The van der Waals surface area contributed by atoms with Gasteiger partial charge in [-0.25, -0.2) is 8.42 Å². The van der Waals surface area contributed by atoms with Crippen molar-refractivity contribution in [3.63, 3.8) is 0 Å². The molecule has 146 valence electrons. The molecule has 0 bridgehead atoms. The molecular formula is C22H23NO4S. The molecule has 3 aromatic rings. The van der Waals surface area contributed by atoms with E-state index in [0.717, 1.165) is 16.7 Å².